The molecule has 0 saturated heterocycles. The number of aromatic amines is 1. The second kappa shape index (κ2) is 6.69. The standard InChI is InChI=1S/C30H19N3S/c1-4-10-23-19(7-1)20-15-13-18(14-16-24(20)32-23)33-25-11-5-2-8-21(25)28-26(33)17-31-29-22-9-3-6-12-27(22)34-30(28)29/h1-14,16-17,32H,15H2. The third-order valence-electron chi connectivity index (χ3n) is 7.06. The van der Waals surface area contributed by atoms with Gasteiger partial charge in [-0.25, -0.2) is 0 Å². The van der Waals surface area contributed by atoms with Crippen molar-refractivity contribution in [2.45, 2.75) is 6.42 Å². The Hall–Kier alpha value is -4.15. The lowest BCUT2D eigenvalue weighted by Gasteiger charge is -2.08. The fourth-order valence-electron chi connectivity index (χ4n) is 5.55. The molecule has 3 nitrogen and oxygen atoms in total. The smallest absolute Gasteiger partial charge is 0.0896 e. The maximum absolute atomic E-state index is 4.97. The molecule has 3 aromatic carbocycles. The fourth-order valence-corrected chi connectivity index (χ4v) is 6.76. The lowest BCUT2D eigenvalue weighted by molar-refractivity contribution is 1.20. The van der Waals surface area contributed by atoms with Crippen molar-refractivity contribution in [3.05, 3.63) is 102 Å². The van der Waals surface area contributed by atoms with Gasteiger partial charge in [0.05, 0.1) is 27.4 Å². The maximum Gasteiger partial charge on any atom is 0.0896 e. The van der Waals surface area contributed by atoms with Gasteiger partial charge < -0.3 is 9.55 Å². The zero-order chi connectivity index (χ0) is 22.2. The summed E-state index contributed by atoms with van der Waals surface area (Å²) < 4.78 is 4.93. The molecule has 0 radical (unpaired) electrons. The zero-order valence-electron chi connectivity index (χ0n) is 18.2. The minimum atomic E-state index is 0.883. The number of aromatic nitrogens is 3. The van der Waals surface area contributed by atoms with Gasteiger partial charge in [0.25, 0.3) is 0 Å². The number of hydrogen-bond acceptors (Lipinski definition) is 2. The summed E-state index contributed by atoms with van der Waals surface area (Å²) in [5.41, 5.74) is 8.40. The topological polar surface area (TPSA) is 33.6 Å². The molecule has 4 aromatic heterocycles. The lowest BCUT2D eigenvalue weighted by Crippen LogP contribution is -1.95. The molecule has 1 N–H and O–H groups in total. The maximum atomic E-state index is 4.97. The molecule has 7 aromatic rings. The van der Waals surface area contributed by atoms with Gasteiger partial charge in [-0.2, -0.15) is 0 Å². The van der Waals surface area contributed by atoms with Crippen molar-refractivity contribution in [2.75, 3.05) is 0 Å². The second-order valence-electron chi connectivity index (χ2n) is 8.88. The molecule has 0 aliphatic heterocycles. The lowest BCUT2D eigenvalue weighted by atomic mass is 10.1. The summed E-state index contributed by atoms with van der Waals surface area (Å²) in [5, 5.41) is 5.11. The first-order valence-electron chi connectivity index (χ1n) is 11.5. The molecule has 0 fully saturated rings. The summed E-state index contributed by atoms with van der Waals surface area (Å²) in [7, 11) is 0. The predicted octanol–water partition coefficient (Wildman–Crippen LogP) is 8.15. The Bertz CT molecular complexity index is 1990. The van der Waals surface area contributed by atoms with E-state index in [1.165, 1.54) is 58.9 Å². The normalized spacial score (nSPS) is 13.8. The van der Waals surface area contributed by atoms with E-state index < -0.39 is 0 Å². The van der Waals surface area contributed by atoms with Crippen molar-refractivity contribution in [3.8, 4) is 0 Å². The van der Waals surface area contributed by atoms with Crippen LogP contribution in [0.2, 0.25) is 0 Å². The van der Waals surface area contributed by atoms with Crippen LogP contribution in [-0.4, -0.2) is 14.5 Å². The highest BCUT2D eigenvalue weighted by atomic mass is 32.1. The summed E-state index contributed by atoms with van der Waals surface area (Å²) in [6, 6.07) is 25.9. The fraction of sp³-hybridized carbons (Fsp3) is 0.0333. The molecule has 1 aliphatic rings. The molecule has 0 bridgehead atoms. The van der Waals surface area contributed by atoms with Gasteiger partial charge in [0, 0.05) is 43.2 Å². The van der Waals surface area contributed by atoms with Crippen LogP contribution in [-0.2, 0) is 6.42 Å². The van der Waals surface area contributed by atoms with Gasteiger partial charge in [0.15, 0.2) is 0 Å². The van der Waals surface area contributed by atoms with Crippen molar-refractivity contribution in [2.24, 2.45) is 0 Å². The van der Waals surface area contributed by atoms with Crippen LogP contribution >= 0.6 is 11.3 Å². The Morgan fingerprint density at radius 3 is 2.53 bits per heavy atom. The van der Waals surface area contributed by atoms with E-state index in [0.717, 1.165) is 17.5 Å². The molecule has 0 amide bonds. The molecular formula is C30H19N3S. The van der Waals surface area contributed by atoms with Crippen molar-refractivity contribution < 1.29 is 0 Å². The third kappa shape index (κ3) is 2.38. The molecule has 0 atom stereocenters. The van der Waals surface area contributed by atoms with E-state index in [9.17, 15) is 0 Å². The highest BCUT2D eigenvalue weighted by Crippen LogP contribution is 2.42. The van der Waals surface area contributed by atoms with Crippen molar-refractivity contribution >= 4 is 76.1 Å². The van der Waals surface area contributed by atoms with E-state index in [2.05, 4.69) is 107 Å². The highest BCUT2D eigenvalue weighted by Gasteiger charge is 2.19. The number of thiophene rings is 1. The average Bonchev–Trinajstić information content (AvgIpc) is 3.49. The highest BCUT2D eigenvalue weighted by molar-refractivity contribution is 7.26. The molecule has 4 heteroatoms. The summed E-state index contributed by atoms with van der Waals surface area (Å²) in [6.45, 7) is 0. The molecule has 8 rings (SSSR count). The number of H-pyrrole nitrogens is 1. The number of para-hydroxylation sites is 2. The number of rotatable bonds is 1. The van der Waals surface area contributed by atoms with Gasteiger partial charge in [0.1, 0.15) is 0 Å². The quantitative estimate of drug-likeness (QED) is 0.267. The average molecular weight is 454 g/mol. The monoisotopic (exact) mass is 453 g/mol. The minimum Gasteiger partial charge on any atom is -0.355 e. The number of benzene rings is 3. The van der Waals surface area contributed by atoms with E-state index in [1.54, 1.807) is 0 Å². The van der Waals surface area contributed by atoms with Gasteiger partial charge in [-0.05, 0) is 42.3 Å². The van der Waals surface area contributed by atoms with E-state index in [-0.39, 0.29) is 0 Å². The first-order chi connectivity index (χ1) is 16.9. The molecule has 1 aliphatic carbocycles. The third-order valence-corrected chi connectivity index (χ3v) is 8.24. The Balaban J connectivity index is 1.42. The van der Waals surface area contributed by atoms with Crippen LogP contribution in [0.25, 0.3) is 64.8 Å². The minimum absolute atomic E-state index is 0.883. The van der Waals surface area contributed by atoms with E-state index in [1.807, 2.05) is 11.3 Å². The first-order valence-corrected chi connectivity index (χ1v) is 12.4. The zero-order valence-corrected chi connectivity index (χ0v) is 19.1. The molecule has 0 spiro atoms. The summed E-state index contributed by atoms with van der Waals surface area (Å²) in [5.74, 6) is 0. The van der Waals surface area contributed by atoms with Crippen LogP contribution in [0.15, 0.2) is 91.1 Å². The van der Waals surface area contributed by atoms with Gasteiger partial charge in [0.2, 0.25) is 0 Å². The predicted molar refractivity (Wildman–Crippen MR) is 145 cm³/mol. The SMILES string of the molecule is C1=Cc2[nH]c3ccccc3c2CC=C1n1c2ccccc2c2c3sc4ccccc4c3ncc21. The number of hydrogen-bond donors (Lipinski definition) is 1. The van der Waals surface area contributed by atoms with Gasteiger partial charge in [-0.15, -0.1) is 11.3 Å². The van der Waals surface area contributed by atoms with Crippen LogP contribution in [0, 0.1) is 0 Å². The summed E-state index contributed by atoms with van der Waals surface area (Å²) in [6.07, 6.45) is 9.76. The van der Waals surface area contributed by atoms with Crippen LogP contribution in [0.5, 0.6) is 0 Å². The van der Waals surface area contributed by atoms with E-state index in [4.69, 9.17) is 4.98 Å². The molecule has 0 unspecified atom stereocenters. The second-order valence-corrected chi connectivity index (χ2v) is 9.93. The van der Waals surface area contributed by atoms with Gasteiger partial charge >= 0.3 is 0 Å². The van der Waals surface area contributed by atoms with Crippen LogP contribution in [0.1, 0.15) is 11.3 Å². The molecule has 34 heavy (non-hydrogen) atoms. The Morgan fingerprint density at radius 1 is 0.794 bits per heavy atom. The summed E-state index contributed by atoms with van der Waals surface area (Å²) >= 11 is 1.84. The first kappa shape index (κ1) is 18.3. The Labute approximate surface area is 199 Å². The molecule has 160 valence electrons. The van der Waals surface area contributed by atoms with E-state index in [0.29, 0.717) is 0 Å². The number of allylic oxidation sites excluding steroid dienone is 3. The van der Waals surface area contributed by atoms with Crippen molar-refractivity contribution in [3.63, 3.8) is 0 Å². The number of pyridine rings is 1. The Morgan fingerprint density at radius 2 is 1.59 bits per heavy atom. The number of fused-ring (bicyclic) bond motifs is 10. The van der Waals surface area contributed by atoms with Crippen LogP contribution < -0.4 is 0 Å². The van der Waals surface area contributed by atoms with Crippen molar-refractivity contribution in [1.29, 1.82) is 0 Å². The van der Waals surface area contributed by atoms with Crippen molar-refractivity contribution in [1.82, 2.24) is 14.5 Å². The van der Waals surface area contributed by atoms with Crippen LogP contribution in [0.3, 0.4) is 0 Å². The largest absolute Gasteiger partial charge is 0.355 e. The Kier molecular flexibility index (Phi) is 3.60. The van der Waals surface area contributed by atoms with Gasteiger partial charge in [-0.1, -0.05) is 60.7 Å². The summed E-state index contributed by atoms with van der Waals surface area (Å²) in [4.78, 5) is 8.57. The molecule has 0 saturated carbocycles. The van der Waals surface area contributed by atoms with E-state index >= 15 is 0 Å². The number of nitrogens with one attached hydrogen (secondary N) is 1. The van der Waals surface area contributed by atoms with Gasteiger partial charge in [-0.3, -0.25) is 4.98 Å². The molecular weight excluding hydrogens is 434 g/mol. The number of nitrogens with zero attached hydrogens (tertiary/aromatic N) is 2. The molecule has 4 heterocycles. The van der Waals surface area contributed by atoms with Crippen LogP contribution in [0.4, 0.5) is 0 Å².